The molecular formula is C17H16BrFO4. The Morgan fingerprint density at radius 1 is 1.17 bits per heavy atom. The molecule has 0 radical (unpaired) electrons. The quantitative estimate of drug-likeness (QED) is 0.555. The molecule has 0 aliphatic heterocycles. The van der Waals surface area contributed by atoms with Gasteiger partial charge in [0, 0.05) is 16.1 Å². The van der Waals surface area contributed by atoms with Gasteiger partial charge in [-0.05, 0) is 43.2 Å². The second-order valence-electron chi connectivity index (χ2n) is 4.93. The van der Waals surface area contributed by atoms with E-state index >= 15 is 0 Å². The fourth-order valence-electron chi connectivity index (χ4n) is 2.02. The fraction of sp³-hybridized carbons (Fsp3) is 0.235. The molecule has 0 fully saturated rings. The number of hydrogen-bond acceptors (Lipinski definition) is 4. The largest absolute Gasteiger partial charge is 0.513 e. The number of carbonyl (C=O) groups is 1. The predicted octanol–water partition coefficient (Wildman–Crippen LogP) is 4.93. The van der Waals surface area contributed by atoms with E-state index in [-0.39, 0.29) is 12.4 Å². The molecule has 122 valence electrons. The van der Waals surface area contributed by atoms with E-state index in [9.17, 15) is 9.18 Å². The number of ether oxygens (including phenoxy) is 3. The van der Waals surface area contributed by atoms with Crippen LogP contribution in [0.5, 0.6) is 11.5 Å². The molecule has 2 aromatic rings. The topological polar surface area (TPSA) is 44.8 Å². The van der Waals surface area contributed by atoms with E-state index in [4.69, 9.17) is 9.47 Å². The van der Waals surface area contributed by atoms with Crippen LogP contribution in [0.3, 0.4) is 0 Å². The lowest BCUT2D eigenvalue weighted by molar-refractivity contribution is 0.120. The van der Waals surface area contributed by atoms with Crippen molar-refractivity contribution >= 4 is 22.1 Å². The van der Waals surface area contributed by atoms with Gasteiger partial charge in [-0.15, -0.1) is 0 Å². The Balaban J connectivity index is 2.23. The number of benzene rings is 2. The van der Waals surface area contributed by atoms with E-state index < -0.39 is 6.16 Å². The maximum atomic E-state index is 13.7. The van der Waals surface area contributed by atoms with Gasteiger partial charge in [-0.3, -0.25) is 0 Å². The Labute approximate surface area is 142 Å². The van der Waals surface area contributed by atoms with Crippen molar-refractivity contribution in [1.29, 1.82) is 0 Å². The summed E-state index contributed by atoms with van der Waals surface area (Å²) in [6.45, 7) is 3.65. The molecule has 0 saturated carbocycles. The lowest BCUT2D eigenvalue weighted by Crippen LogP contribution is -2.10. The SMILES string of the molecule is COC(=O)Oc1cccc(Br)c1COc1cc(F)c(C)cc1C. The maximum absolute atomic E-state index is 13.7. The summed E-state index contributed by atoms with van der Waals surface area (Å²) < 4.78 is 29.7. The Morgan fingerprint density at radius 2 is 1.91 bits per heavy atom. The minimum Gasteiger partial charge on any atom is -0.488 e. The van der Waals surface area contributed by atoms with Crippen LogP contribution < -0.4 is 9.47 Å². The Hall–Kier alpha value is -2.08. The standard InChI is InChI=1S/C17H16BrFO4/c1-10-7-11(2)16(8-14(10)19)22-9-12-13(18)5-4-6-15(12)23-17(20)21-3/h4-8H,9H2,1-3H3. The Morgan fingerprint density at radius 3 is 2.61 bits per heavy atom. The Kier molecular flexibility index (Phi) is 5.60. The van der Waals surface area contributed by atoms with Crippen LogP contribution in [-0.4, -0.2) is 13.3 Å². The summed E-state index contributed by atoms with van der Waals surface area (Å²) in [5.41, 5.74) is 2.01. The van der Waals surface area contributed by atoms with Crippen LogP contribution >= 0.6 is 15.9 Å². The van der Waals surface area contributed by atoms with Gasteiger partial charge in [0.05, 0.1) is 7.11 Å². The molecule has 2 rings (SSSR count). The van der Waals surface area contributed by atoms with Crippen molar-refractivity contribution in [1.82, 2.24) is 0 Å². The van der Waals surface area contributed by atoms with E-state index in [0.717, 1.165) is 5.56 Å². The van der Waals surface area contributed by atoms with E-state index in [1.807, 2.05) is 6.92 Å². The molecule has 0 aliphatic rings. The molecule has 0 saturated heterocycles. The molecule has 0 heterocycles. The molecular weight excluding hydrogens is 367 g/mol. The molecule has 0 amide bonds. The third-order valence-corrected chi connectivity index (χ3v) is 4.01. The van der Waals surface area contributed by atoms with Gasteiger partial charge in [0.2, 0.25) is 0 Å². The first-order valence-corrected chi connectivity index (χ1v) is 7.64. The number of halogens is 2. The minimum absolute atomic E-state index is 0.108. The molecule has 6 heteroatoms. The van der Waals surface area contributed by atoms with E-state index in [1.165, 1.54) is 13.2 Å². The van der Waals surface area contributed by atoms with E-state index in [0.29, 0.717) is 27.1 Å². The van der Waals surface area contributed by atoms with Crippen LogP contribution in [0.1, 0.15) is 16.7 Å². The van der Waals surface area contributed by atoms with Crippen LogP contribution in [0.15, 0.2) is 34.8 Å². The zero-order chi connectivity index (χ0) is 17.0. The smallest absolute Gasteiger partial charge is 0.488 e. The van der Waals surface area contributed by atoms with Crippen molar-refractivity contribution in [2.45, 2.75) is 20.5 Å². The molecule has 0 aromatic heterocycles. The highest BCUT2D eigenvalue weighted by atomic mass is 79.9. The van der Waals surface area contributed by atoms with Gasteiger partial charge in [-0.1, -0.05) is 22.0 Å². The first kappa shape index (κ1) is 17.3. The molecule has 2 aromatic carbocycles. The van der Waals surface area contributed by atoms with Crippen molar-refractivity contribution in [3.63, 3.8) is 0 Å². The van der Waals surface area contributed by atoms with E-state index in [2.05, 4.69) is 20.7 Å². The zero-order valence-corrected chi connectivity index (χ0v) is 14.6. The van der Waals surface area contributed by atoms with Crippen molar-refractivity contribution in [2.75, 3.05) is 7.11 Å². The van der Waals surface area contributed by atoms with Crippen LogP contribution in [0.25, 0.3) is 0 Å². The fourth-order valence-corrected chi connectivity index (χ4v) is 2.48. The third-order valence-electron chi connectivity index (χ3n) is 3.26. The number of aryl methyl sites for hydroxylation is 2. The highest BCUT2D eigenvalue weighted by molar-refractivity contribution is 9.10. The van der Waals surface area contributed by atoms with Crippen molar-refractivity contribution in [3.05, 3.63) is 57.3 Å². The predicted molar refractivity (Wildman–Crippen MR) is 87.4 cm³/mol. The van der Waals surface area contributed by atoms with Crippen molar-refractivity contribution < 1.29 is 23.4 Å². The summed E-state index contributed by atoms with van der Waals surface area (Å²) >= 11 is 3.39. The summed E-state index contributed by atoms with van der Waals surface area (Å²) in [6.07, 6.45) is -0.818. The average molecular weight is 383 g/mol. The second kappa shape index (κ2) is 7.46. The molecule has 0 spiro atoms. The zero-order valence-electron chi connectivity index (χ0n) is 13.0. The molecule has 0 N–H and O–H groups in total. The Bertz CT molecular complexity index is 731. The molecule has 0 unspecified atom stereocenters. The highest BCUT2D eigenvalue weighted by Crippen LogP contribution is 2.30. The minimum atomic E-state index is -0.818. The monoisotopic (exact) mass is 382 g/mol. The van der Waals surface area contributed by atoms with Gasteiger partial charge in [0.1, 0.15) is 23.9 Å². The van der Waals surface area contributed by atoms with Crippen molar-refractivity contribution in [2.24, 2.45) is 0 Å². The van der Waals surface area contributed by atoms with Gasteiger partial charge in [-0.2, -0.15) is 0 Å². The van der Waals surface area contributed by atoms with Gasteiger partial charge in [0.15, 0.2) is 0 Å². The molecule has 0 atom stereocenters. The lowest BCUT2D eigenvalue weighted by Gasteiger charge is -2.14. The normalized spacial score (nSPS) is 10.3. The van der Waals surface area contributed by atoms with Crippen molar-refractivity contribution in [3.8, 4) is 11.5 Å². The lowest BCUT2D eigenvalue weighted by atomic mass is 10.1. The molecule has 4 nitrogen and oxygen atoms in total. The highest BCUT2D eigenvalue weighted by Gasteiger charge is 2.14. The maximum Gasteiger partial charge on any atom is 0.513 e. The number of carbonyl (C=O) groups excluding carboxylic acids is 1. The van der Waals surface area contributed by atoms with Gasteiger partial charge in [0.25, 0.3) is 0 Å². The summed E-state index contributed by atoms with van der Waals surface area (Å²) in [4.78, 5) is 11.3. The first-order valence-electron chi connectivity index (χ1n) is 6.85. The summed E-state index contributed by atoms with van der Waals surface area (Å²) in [5.74, 6) is 0.424. The summed E-state index contributed by atoms with van der Waals surface area (Å²) in [6, 6.07) is 8.22. The number of rotatable bonds is 4. The summed E-state index contributed by atoms with van der Waals surface area (Å²) in [5, 5.41) is 0. The number of methoxy groups -OCH3 is 1. The average Bonchev–Trinajstić information content (AvgIpc) is 2.51. The summed E-state index contributed by atoms with van der Waals surface area (Å²) in [7, 11) is 1.23. The van der Waals surface area contributed by atoms with Crippen LogP contribution in [0, 0.1) is 19.7 Å². The van der Waals surface area contributed by atoms with Gasteiger partial charge < -0.3 is 14.2 Å². The van der Waals surface area contributed by atoms with Gasteiger partial charge >= 0.3 is 6.16 Å². The van der Waals surface area contributed by atoms with Crippen LogP contribution in [0.4, 0.5) is 9.18 Å². The van der Waals surface area contributed by atoms with Gasteiger partial charge in [-0.25, -0.2) is 9.18 Å². The molecule has 0 aliphatic carbocycles. The van der Waals surface area contributed by atoms with E-state index in [1.54, 1.807) is 31.2 Å². The molecule has 0 bridgehead atoms. The van der Waals surface area contributed by atoms with Crippen LogP contribution in [0.2, 0.25) is 0 Å². The number of hydrogen-bond donors (Lipinski definition) is 0. The molecule has 23 heavy (non-hydrogen) atoms. The second-order valence-corrected chi connectivity index (χ2v) is 5.78. The first-order chi connectivity index (χ1) is 10.9. The third kappa shape index (κ3) is 4.22. The van der Waals surface area contributed by atoms with Crippen LogP contribution in [-0.2, 0) is 11.3 Å².